The Labute approximate surface area is 200 Å². The van der Waals surface area contributed by atoms with Gasteiger partial charge in [0.25, 0.3) is 0 Å². The molecule has 0 atom stereocenters. The molecule has 176 valence electrons. The molecule has 0 saturated heterocycles. The number of carbonyl (C=O) groups excluding carboxylic acids is 3. The maximum atomic E-state index is 12.3. The summed E-state index contributed by atoms with van der Waals surface area (Å²) in [4.78, 5) is 36.2. The van der Waals surface area contributed by atoms with Crippen LogP contribution >= 0.6 is 0 Å². The van der Waals surface area contributed by atoms with Crippen LogP contribution in [0.1, 0.15) is 31.7 Å². The average molecular weight is 459 g/mol. The molecular weight excluding hydrogens is 428 g/mol. The van der Waals surface area contributed by atoms with Crippen LogP contribution in [-0.2, 0) is 20.8 Å². The summed E-state index contributed by atoms with van der Waals surface area (Å²) >= 11 is 0. The Kier molecular flexibility index (Phi) is 9.22. The molecule has 0 radical (unpaired) electrons. The zero-order valence-electron chi connectivity index (χ0n) is 19.3. The molecule has 0 aromatic heterocycles. The Hall–Kier alpha value is -4.13. The summed E-state index contributed by atoms with van der Waals surface area (Å²) in [5.74, 6) is -0.309. The molecule has 0 heterocycles. The maximum absolute atomic E-state index is 12.3. The zero-order valence-corrected chi connectivity index (χ0v) is 19.3. The van der Waals surface area contributed by atoms with Crippen molar-refractivity contribution in [3.63, 3.8) is 0 Å². The molecule has 0 aliphatic rings. The first-order valence-electron chi connectivity index (χ1n) is 11.4. The highest BCUT2D eigenvalue weighted by atomic mass is 16.2. The van der Waals surface area contributed by atoms with Gasteiger partial charge in [0, 0.05) is 35.6 Å². The van der Waals surface area contributed by atoms with Gasteiger partial charge >= 0.3 is 0 Å². The van der Waals surface area contributed by atoms with Crippen molar-refractivity contribution < 1.29 is 14.4 Å². The Morgan fingerprint density at radius 1 is 0.618 bits per heavy atom. The van der Waals surface area contributed by atoms with Gasteiger partial charge in [0.05, 0.1) is 6.54 Å². The number of hydrogen-bond acceptors (Lipinski definition) is 4. The summed E-state index contributed by atoms with van der Waals surface area (Å²) in [5.41, 5.74) is 3.84. The molecule has 3 aromatic rings. The molecule has 3 aromatic carbocycles. The fourth-order valence-corrected chi connectivity index (χ4v) is 3.31. The van der Waals surface area contributed by atoms with Gasteiger partial charge in [-0.2, -0.15) is 0 Å². The quantitative estimate of drug-likeness (QED) is 0.323. The number of rotatable bonds is 11. The van der Waals surface area contributed by atoms with Gasteiger partial charge in [-0.25, -0.2) is 0 Å². The fraction of sp³-hybridized carbons (Fsp3) is 0.222. The normalized spacial score (nSPS) is 10.3. The molecule has 7 heteroatoms. The van der Waals surface area contributed by atoms with Gasteiger partial charge in [-0.3, -0.25) is 14.4 Å². The lowest BCUT2D eigenvalue weighted by atomic mass is 10.1. The maximum Gasteiger partial charge on any atom is 0.243 e. The second-order valence-electron chi connectivity index (χ2n) is 7.89. The van der Waals surface area contributed by atoms with E-state index in [1.54, 1.807) is 36.4 Å². The van der Waals surface area contributed by atoms with Crippen LogP contribution < -0.4 is 21.3 Å². The minimum atomic E-state index is -0.213. The van der Waals surface area contributed by atoms with Crippen LogP contribution in [0.4, 0.5) is 22.7 Å². The molecule has 3 amide bonds. The van der Waals surface area contributed by atoms with Gasteiger partial charge in [0.15, 0.2) is 0 Å². The van der Waals surface area contributed by atoms with Gasteiger partial charge < -0.3 is 21.3 Å². The van der Waals surface area contributed by atoms with E-state index in [1.807, 2.05) is 49.4 Å². The first kappa shape index (κ1) is 24.5. The molecule has 34 heavy (non-hydrogen) atoms. The molecule has 0 aliphatic carbocycles. The summed E-state index contributed by atoms with van der Waals surface area (Å²) in [6.07, 6.45) is 2.33. The van der Waals surface area contributed by atoms with E-state index >= 15 is 0 Å². The predicted molar refractivity (Wildman–Crippen MR) is 137 cm³/mol. The van der Waals surface area contributed by atoms with Crippen LogP contribution in [0.15, 0.2) is 78.9 Å². The standard InChI is InChI=1S/C27H30N4O3/c1-2-7-25(32)30-23-10-6-11-24(18-23)31-27(34)19-28-21-13-15-22(16-14-21)29-26(33)17-12-20-8-4-3-5-9-20/h3-6,8-11,13-16,18,28H,2,7,12,17,19H2,1H3,(H,29,33)(H,30,32)(H,31,34). The van der Waals surface area contributed by atoms with Crippen LogP contribution in [-0.4, -0.2) is 24.3 Å². The molecule has 7 nitrogen and oxygen atoms in total. The highest BCUT2D eigenvalue weighted by molar-refractivity contribution is 5.96. The number of amides is 3. The molecule has 0 fully saturated rings. The average Bonchev–Trinajstić information content (AvgIpc) is 2.83. The van der Waals surface area contributed by atoms with Gasteiger partial charge in [-0.1, -0.05) is 43.3 Å². The third kappa shape index (κ3) is 8.43. The van der Waals surface area contributed by atoms with Crippen molar-refractivity contribution in [3.8, 4) is 0 Å². The number of benzene rings is 3. The van der Waals surface area contributed by atoms with Crippen LogP contribution in [0.2, 0.25) is 0 Å². The van der Waals surface area contributed by atoms with E-state index in [9.17, 15) is 14.4 Å². The third-order valence-electron chi connectivity index (χ3n) is 5.01. The van der Waals surface area contributed by atoms with E-state index in [0.717, 1.165) is 17.7 Å². The monoisotopic (exact) mass is 458 g/mol. The number of aryl methyl sites for hydroxylation is 1. The predicted octanol–water partition coefficient (Wildman–Crippen LogP) is 5.05. The Bertz CT molecular complexity index is 1100. The van der Waals surface area contributed by atoms with Crippen molar-refractivity contribution in [2.24, 2.45) is 0 Å². The summed E-state index contributed by atoms with van der Waals surface area (Å²) < 4.78 is 0. The first-order chi connectivity index (χ1) is 16.5. The molecule has 0 unspecified atom stereocenters. The lowest BCUT2D eigenvalue weighted by Crippen LogP contribution is -2.22. The Balaban J connectivity index is 1.42. The minimum Gasteiger partial charge on any atom is -0.376 e. The molecule has 0 aliphatic heterocycles. The topological polar surface area (TPSA) is 99.3 Å². The third-order valence-corrected chi connectivity index (χ3v) is 5.01. The number of hydrogen-bond donors (Lipinski definition) is 4. The van der Waals surface area contributed by atoms with E-state index in [0.29, 0.717) is 36.3 Å². The van der Waals surface area contributed by atoms with Crippen LogP contribution in [0.3, 0.4) is 0 Å². The largest absolute Gasteiger partial charge is 0.376 e. The van der Waals surface area contributed by atoms with Crippen molar-refractivity contribution >= 4 is 40.5 Å². The van der Waals surface area contributed by atoms with E-state index in [4.69, 9.17) is 0 Å². The summed E-state index contributed by atoms with van der Waals surface area (Å²) in [6.45, 7) is 2.02. The zero-order chi connectivity index (χ0) is 24.2. The van der Waals surface area contributed by atoms with Gasteiger partial charge in [0.1, 0.15) is 0 Å². The van der Waals surface area contributed by atoms with Crippen LogP contribution in [0.25, 0.3) is 0 Å². The van der Waals surface area contributed by atoms with E-state index in [1.165, 1.54) is 0 Å². The number of nitrogens with one attached hydrogen (secondary N) is 4. The molecule has 4 N–H and O–H groups in total. The summed E-state index contributed by atoms with van der Waals surface area (Å²) in [5, 5.41) is 11.6. The van der Waals surface area contributed by atoms with Crippen molar-refractivity contribution in [2.75, 3.05) is 27.8 Å². The van der Waals surface area contributed by atoms with Gasteiger partial charge in [-0.15, -0.1) is 0 Å². The number of anilines is 4. The minimum absolute atomic E-state index is 0.0444. The van der Waals surface area contributed by atoms with Crippen molar-refractivity contribution in [1.29, 1.82) is 0 Å². The molecule has 0 bridgehead atoms. The highest BCUT2D eigenvalue weighted by Crippen LogP contribution is 2.17. The lowest BCUT2D eigenvalue weighted by molar-refractivity contribution is -0.117. The second-order valence-corrected chi connectivity index (χ2v) is 7.89. The Morgan fingerprint density at radius 2 is 1.21 bits per heavy atom. The van der Waals surface area contributed by atoms with E-state index in [2.05, 4.69) is 21.3 Å². The smallest absolute Gasteiger partial charge is 0.243 e. The van der Waals surface area contributed by atoms with E-state index in [-0.39, 0.29) is 24.3 Å². The van der Waals surface area contributed by atoms with Gasteiger partial charge in [0.2, 0.25) is 17.7 Å². The van der Waals surface area contributed by atoms with Crippen molar-refractivity contribution in [3.05, 3.63) is 84.4 Å². The Morgan fingerprint density at radius 3 is 1.88 bits per heavy atom. The van der Waals surface area contributed by atoms with Crippen LogP contribution in [0.5, 0.6) is 0 Å². The SMILES string of the molecule is CCCC(=O)Nc1cccc(NC(=O)CNc2ccc(NC(=O)CCc3ccccc3)cc2)c1. The molecule has 0 saturated carbocycles. The van der Waals surface area contributed by atoms with E-state index < -0.39 is 0 Å². The van der Waals surface area contributed by atoms with Gasteiger partial charge in [-0.05, 0) is 60.9 Å². The summed E-state index contributed by atoms with van der Waals surface area (Å²) in [7, 11) is 0. The fourth-order valence-electron chi connectivity index (χ4n) is 3.31. The lowest BCUT2D eigenvalue weighted by Gasteiger charge is -2.11. The first-order valence-corrected chi connectivity index (χ1v) is 11.4. The molecule has 0 spiro atoms. The van der Waals surface area contributed by atoms with Crippen LogP contribution in [0, 0.1) is 0 Å². The van der Waals surface area contributed by atoms with Crippen molar-refractivity contribution in [2.45, 2.75) is 32.6 Å². The second kappa shape index (κ2) is 12.8. The van der Waals surface area contributed by atoms with Crippen molar-refractivity contribution in [1.82, 2.24) is 0 Å². The highest BCUT2D eigenvalue weighted by Gasteiger charge is 2.06. The molecular formula is C27H30N4O3. The molecule has 3 rings (SSSR count). The number of carbonyl (C=O) groups is 3. The summed E-state index contributed by atoms with van der Waals surface area (Å²) in [6, 6.07) is 24.1.